The molecule has 53 heavy (non-hydrogen) atoms. The molecule has 0 unspecified atom stereocenters. The molecule has 0 aromatic heterocycles. The average Bonchev–Trinajstić information content (AvgIpc) is 3.38. The van der Waals surface area contributed by atoms with Gasteiger partial charge in [-0.3, -0.25) is 0 Å². The maximum absolute atomic E-state index is 3.75. The molecule has 2 heteroatoms. The van der Waals surface area contributed by atoms with Crippen LogP contribution in [0.5, 0.6) is 0 Å². The van der Waals surface area contributed by atoms with Crippen molar-refractivity contribution >= 4 is 34.7 Å². The Bertz CT molecular complexity index is 2570. The van der Waals surface area contributed by atoms with Crippen molar-refractivity contribution in [3.63, 3.8) is 0 Å². The van der Waals surface area contributed by atoms with Crippen molar-refractivity contribution in [1.29, 1.82) is 0 Å². The molecule has 2 N–H and O–H groups in total. The van der Waals surface area contributed by atoms with Gasteiger partial charge in [0.2, 0.25) is 0 Å². The summed E-state index contributed by atoms with van der Waals surface area (Å²) in [5, 5.41) is 7.31. The number of anilines is 2. The van der Waals surface area contributed by atoms with Gasteiger partial charge in [0.15, 0.2) is 0 Å². The van der Waals surface area contributed by atoms with Crippen molar-refractivity contribution in [2.75, 3.05) is 10.6 Å². The molecule has 254 valence electrons. The Kier molecular flexibility index (Phi) is 8.21. The Morgan fingerprint density at radius 2 is 1.06 bits per heavy atom. The molecule has 2 nitrogen and oxygen atoms in total. The van der Waals surface area contributed by atoms with Gasteiger partial charge in [0, 0.05) is 45.9 Å². The first-order valence-electron chi connectivity index (χ1n) is 18.3. The van der Waals surface area contributed by atoms with Crippen LogP contribution in [0.25, 0.3) is 56.7 Å². The lowest BCUT2D eigenvalue weighted by molar-refractivity contribution is 0.661. The second-order valence-corrected chi connectivity index (χ2v) is 14.3. The lowest BCUT2D eigenvalue weighted by Gasteiger charge is -2.21. The first kappa shape index (κ1) is 32.3. The summed E-state index contributed by atoms with van der Waals surface area (Å²) in [6.45, 7) is 4.65. The van der Waals surface area contributed by atoms with Gasteiger partial charge in [0.25, 0.3) is 0 Å². The van der Waals surface area contributed by atoms with Gasteiger partial charge >= 0.3 is 0 Å². The minimum atomic E-state index is -0.102. The Labute approximate surface area is 312 Å². The highest BCUT2D eigenvalue weighted by atomic mass is 14.8. The average molecular weight is 681 g/mol. The van der Waals surface area contributed by atoms with Gasteiger partial charge < -0.3 is 10.6 Å². The molecule has 0 radical (unpaired) electrons. The largest absolute Gasteiger partial charge is 0.361 e. The van der Waals surface area contributed by atoms with Crippen LogP contribution in [0.2, 0.25) is 0 Å². The fourth-order valence-corrected chi connectivity index (χ4v) is 8.01. The maximum Gasteiger partial charge on any atom is 0.0459 e. The molecule has 0 saturated carbocycles. The van der Waals surface area contributed by atoms with E-state index in [1.807, 2.05) is 6.20 Å². The fourth-order valence-electron chi connectivity index (χ4n) is 8.01. The van der Waals surface area contributed by atoms with Gasteiger partial charge in [-0.25, -0.2) is 0 Å². The van der Waals surface area contributed by atoms with Crippen molar-refractivity contribution in [3.05, 3.63) is 216 Å². The number of fused-ring (bicyclic) bond motifs is 9. The molecule has 0 atom stereocenters. The number of rotatable bonds is 2. The van der Waals surface area contributed by atoms with Crippen LogP contribution in [-0.4, -0.2) is 0 Å². The van der Waals surface area contributed by atoms with E-state index in [9.17, 15) is 0 Å². The van der Waals surface area contributed by atoms with Crippen LogP contribution in [0.3, 0.4) is 0 Å². The van der Waals surface area contributed by atoms with E-state index in [-0.39, 0.29) is 5.41 Å². The first-order valence-corrected chi connectivity index (χ1v) is 18.3. The third kappa shape index (κ3) is 5.99. The van der Waals surface area contributed by atoms with Crippen LogP contribution in [0.4, 0.5) is 11.4 Å². The molecule has 6 aromatic rings. The fraction of sp³-hybridized carbons (Fsp3) is 0.0588. The van der Waals surface area contributed by atoms with E-state index in [4.69, 9.17) is 0 Å². The van der Waals surface area contributed by atoms with Crippen LogP contribution < -0.4 is 10.6 Å². The van der Waals surface area contributed by atoms with E-state index >= 15 is 0 Å². The quantitative estimate of drug-likeness (QED) is 0.190. The van der Waals surface area contributed by atoms with Crippen LogP contribution in [0, 0.1) is 0 Å². The monoisotopic (exact) mass is 680 g/mol. The summed E-state index contributed by atoms with van der Waals surface area (Å²) in [6.07, 6.45) is 19.7. The predicted molar refractivity (Wildman–Crippen MR) is 227 cm³/mol. The second kappa shape index (κ2) is 13.5. The molecule has 0 saturated heterocycles. The smallest absolute Gasteiger partial charge is 0.0459 e. The lowest BCUT2D eigenvalue weighted by atomic mass is 9.82. The molecular formula is C51H40N2. The van der Waals surface area contributed by atoms with Gasteiger partial charge in [-0.15, -0.1) is 0 Å². The van der Waals surface area contributed by atoms with Gasteiger partial charge in [-0.05, 0) is 91.6 Å². The number of allylic oxidation sites excluding steroid dienone is 8. The van der Waals surface area contributed by atoms with Crippen molar-refractivity contribution < 1.29 is 0 Å². The summed E-state index contributed by atoms with van der Waals surface area (Å²) >= 11 is 0. The zero-order valence-electron chi connectivity index (χ0n) is 30.0. The second-order valence-electron chi connectivity index (χ2n) is 14.3. The Hall–Kier alpha value is -6.64. The Morgan fingerprint density at radius 3 is 1.77 bits per heavy atom. The van der Waals surface area contributed by atoms with E-state index in [0.717, 1.165) is 28.1 Å². The van der Waals surface area contributed by atoms with E-state index in [1.54, 1.807) is 0 Å². The van der Waals surface area contributed by atoms with Crippen LogP contribution in [0.1, 0.15) is 41.7 Å². The summed E-state index contributed by atoms with van der Waals surface area (Å²) in [7, 11) is 0. The minimum Gasteiger partial charge on any atom is -0.361 e. The summed E-state index contributed by atoms with van der Waals surface area (Å²) < 4.78 is 0. The highest BCUT2D eigenvalue weighted by molar-refractivity contribution is 5.95. The number of hydrogen-bond acceptors (Lipinski definition) is 2. The van der Waals surface area contributed by atoms with Crippen molar-refractivity contribution in [2.45, 2.75) is 19.3 Å². The highest BCUT2D eigenvalue weighted by Gasteiger charge is 2.37. The molecule has 9 rings (SSSR count). The van der Waals surface area contributed by atoms with Gasteiger partial charge in [0.1, 0.15) is 0 Å². The standard InChI is InChI=1S/C51H40N2/c1-51(2)47-21-9-6-18-41(47)46-34-53-50-24-11-8-20-43(50)44-32-39(29-27-37(44)16-12-22-48(46)51)40-30-28-38-26-25-36(35-14-4-3-5-15-35)17-13-31-52-49-23-10-7-19-42(49)45(38)33-40/h3-34,52-53H,1-2H3/b16-12-,26-25?,31-13+,36-17+,46-34?,48-22?. The van der Waals surface area contributed by atoms with Gasteiger partial charge in [0.05, 0.1) is 0 Å². The number of hydrogen-bond donors (Lipinski definition) is 2. The van der Waals surface area contributed by atoms with Crippen LogP contribution >= 0.6 is 0 Å². The summed E-state index contributed by atoms with van der Waals surface area (Å²) in [4.78, 5) is 0. The zero-order chi connectivity index (χ0) is 35.8. The SMILES string of the molecule is CC1(C)C2=C/C=C\c3ccc(-c4ccc5c(c4)-c4ccccc4N/C=C/C=C(/c4ccccc4)C=C5)cc3-c3ccccc3NC=C2c2ccccc21. The van der Waals surface area contributed by atoms with E-state index in [2.05, 4.69) is 213 Å². The summed E-state index contributed by atoms with van der Waals surface area (Å²) in [5.41, 5.74) is 18.9. The molecule has 2 aliphatic heterocycles. The molecule has 6 aromatic carbocycles. The third-order valence-corrected chi connectivity index (χ3v) is 10.8. The highest BCUT2D eigenvalue weighted by Crippen LogP contribution is 2.50. The molecule has 1 aliphatic carbocycles. The Balaban J connectivity index is 1.17. The van der Waals surface area contributed by atoms with Crippen molar-refractivity contribution in [1.82, 2.24) is 0 Å². The summed E-state index contributed by atoms with van der Waals surface area (Å²) in [6, 6.07) is 50.3. The van der Waals surface area contributed by atoms with E-state index in [1.165, 1.54) is 61.2 Å². The molecule has 0 bridgehead atoms. The van der Waals surface area contributed by atoms with Gasteiger partial charge in [-0.2, -0.15) is 0 Å². The third-order valence-electron chi connectivity index (χ3n) is 10.8. The number of nitrogens with one attached hydrogen (secondary N) is 2. The maximum atomic E-state index is 3.75. The van der Waals surface area contributed by atoms with Crippen molar-refractivity contribution in [3.8, 4) is 33.4 Å². The van der Waals surface area contributed by atoms with Crippen LogP contribution in [-0.2, 0) is 5.41 Å². The zero-order valence-corrected chi connectivity index (χ0v) is 30.0. The number of para-hydroxylation sites is 2. The molecular weight excluding hydrogens is 641 g/mol. The van der Waals surface area contributed by atoms with E-state index < -0.39 is 0 Å². The van der Waals surface area contributed by atoms with Crippen molar-refractivity contribution in [2.24, 2.45) is 0 Å². The topological polar surface area (TPSA) is 24.1 Å². The van der Waals surface area contributed by atoms with E-state index in [0.29, 0.717) is 0 Å². The Morgan fingerprint density at radius 1 is 0.453 bits per heavy atom. The number of benzene rings is 6. The molecule has 2 heterocycles. The summed E-state index contributed by atoms with van der Waals surface area (Å²) in [5.74, 6) is 0. The molecule has 3 aliphatic rings. The van der Waals surface area contributed by atoms with Crippen LogP contribution in [0.15, 0.2) is 188 Å². The molecule has 0 fully saturated rings. The molecule has 0 amide bonds. The minimum absolute atomic E-state index is 0.102. The lowest BCUT2D eigenvalue weighted by Crippen LogP contribution is -2.15. The van der Waals surface area contributed by atoms with Gasteiger partial charge in [-0.1, -0.05) is 166 Å². The first-order chi connectivity index (χ1) is 26.0. The normalized spacial score (nSPS) is 17.4. The molecule has 0 spiro atoms. The predicted octanol–water partition coefficient (Wildman–Crippen LogP) is 13.4.